The van der Waals surface area contributed by atoms with Crippen molar-refractivity contribution in [1.82, 2.24) is 0 Å². The highest BCUT2D eigenvalue weighted by atomic mass is 16.5. The van der Waals surface area contributed by atoms with E-state index in [1.165, 1.54) is 0 Å². The molecular weight excluding hydrogens is 216 g/mol. The molecule has 1 saturated carbocycles. The van der Waals surface area contributed by atoms with Crippen LogP contribution in [0.5, 0.6) is 0 Å². The normalized spacial score (nSPS) is 25.6. The monoisotopic (exact) mass is 240 g/mol. The van der Waals surface area contributed by atoms with Crippen LogP contribution in [0.1, 0.15) is 40.0 Å². The fraction of sp³-hybridized carbons (Fsp3) is 0.786. The van der Waals surface area contributed by atoms with Crippen molar-refractivity contribution in [2.45, 2.75) is 46.1 Å². The molecule has 0 radical (unpaired) electrons. The van der Waals surface area contributed by atoms with E-state index in [0.29, 0.717) is 13.2 Å². The second-order valence-corrected chi connectivity index (χ2v) is 5.41. The average molecular weight is 240 g/mol. The van der Waals surface area contributed by atoms with Crippen molar-refractivity contribution < 1.29 is 14.6 Å². The highest BCUT2D eigenvalue weighted by Gasteiger charge is 2.27. The minimum absolute atomic E-state index is 0.0741. The first kappa shape index (κ1) is 14.4. The summed E-state index contributed by atoms with van der Waals surface area (Å²) in [7, 11) is 0. The lowest BCUT2D eigenvalue weighted by molar-refractivity contribution is -0.125. The quantitative estimate of drug-likeness (QED) is 0.725. The van der Waals surface area contributed by atoms with E-state index in [2.05, 4.69) is 0 Å². The first-order valence-corrected chi connectivity index (χ1v) is 6.46. The number of aliphatic hydroxyl groups is 1. The molecule has 2 atom stereocenters. The van der Waals surface area contributed by atoms with Crippen LogP contribution >= 0.6 is 0 Å². The Balaban J connectivity index is 2.49. The molecule has 1 rings (SSSR count). The maximum absolute atomic E-state index is 12.0. The fourth-order valence-corrected chi connectivity index (χ4v) is 2.06. The summed E-state index contributed by atoms with van der Waals surface area (Å²) in [6.45, 7) is 6.77. The van der Waals surface area contributed by atoms with Gasteiger partial charge in [-0.3, -0.25) is 4.79 Å². The van der Waals surface area contributed by atoms with Crippen molar-refractivity contribution in [1.29, 1.82) is 0 Å². The molecule has 0 amide bonds. The third kappa shape index (κ3) is 4.25. The Hall–Kier alpha value is -0.670. The summed E-state index contributed by atoms with van der Waals surface area (Å²) in [6.07, 6.45) is 6.11. The number of aliphatic hydroxyl groups excluding tert-OH is 1. The van der Waals surface area contributed by atoms with Crippen LogP contribution in [0.4, 0.5) is 0 Å². The molecule has 3 heteroatoms. The SMILES string of the molecule is CCOCC(C)(C)C(=O)C=CC1CCCC1O. The minimum atomic E-state index is -0.476. The Bertz CT molecular complexity index is 281. The number of carbonyl (C=O) groups is 1. The third-order valence-electron chi connectivity index (χ3n) is 3.36. The van der Waals surface area contributed by atoms with Crippen LogP contribution < -0.4 is 0 Å². The molecular formula is C14H24O3. The van der Waals surface area contributed by atoms with Crippen LogP contribution in [0.2, 0.25) is 0 Å². The number of rotatable bonds is 6. The van der Waals surface area contributed by atoms with Crippen molar-refractivity contribution in [3.05, 3.63) is 12.2 Å². The van der Waals surface area contributed by atoms with Crippen LogP contribution in [0.25, 0.3) is 0 Å². The van der Waals surface area contributed by atoms with Gasteiger partial charge in [0.1, 0.15) is 0 Å². The Morgan fingerprint density at radius 2 is 2.18 bits per heavy atom. The van der Waals surface area contributed by atoms with Crippen molar-refractivity contribution in [3.8, 4) is 0 Å². The number of ketones is 1. The number of allylic oxidation sites excluding steroid dienone is 1. The number of hydrogen-bond acceptors (Lipinski definition) is 3. The highest BCUT2D eigenvalue weighted by Crippen LogP contribution is 2.27. The highest BCUT2D eigenvalue weighted by molar-refractivity contribution is 5.94. The van der Waals surface area contributed by atoms with E-state index in [1.807, 2.05) is 26.8 Å². The first-order valence-electron chi connectivity index (χ1n) is 6.46. The van der Waals surface area contributed by atoms with Crippen LogP contribution in [0, 0.1) is 11.3 Å². The van der Waals surface area contributed by atoms with Gasteiger partial charge in [0.05, 0.1) is 18.1 Å². The Morgan fingerprint density at radius 1 is 1.47 bits per heavy atom. The predicted octanol–water partition coefficient (Wildman–Crippen LogP) is 2.34. The zero-order valence-electron chi connectivity index (χ0n) is 11.1. The summed E-state index contributed by atoms with van der Waals surface area (Å²) in [5.74, 6) is 0.229. The maximum atomic E-state index is 12.0. The second-order valence-electron chi connectivity index (χ2n) is 5.41. The molecule has 1 aliphatic rings. The van der Waals surface area contributed by atoms with Gasteiger partial charge >= 0.3 is 0 Å². The molecule has 0 aromatic carbocycles. The Labute approximate surface area is 104 Å². The van der Waals surface area contributed by atoms with Gasteiger partial charge in [0.25, 0.3) is 0 Å². The lowest BCUT2D eigenvalue weighted by Gasteiger charge is -2.21. The molecule has 0 aromatic rings. The number of carbonyl (C=O) groups excluding carboxylic acids is 1. The summed E-state index contributed by atoms with van der Waals surface area (Å²) in [6, 6.07) is 0. The van der Waals surface area contributed by atoms with E-state index in [1.54, 1.807) is 6.08 Å². The molecule has 0 aromatic heterocycles. The summed E-state index contributed by atoms with van der Waals surface area (Å²) < 4.78 is 5.31. The summed E-state index contributed by atoms with van der Waals surface area (Å²) in [5, 5.41) is 9.66. The van der Waals surface area contributed by atoms with Gasteiger partial charge in [-0.25, -0.2) is 0 Å². The largest absolute Gasteiger partial charge is 0.393 e. The zero-order chi connectivity index (χ0) is 12.9. The fourth-order valence-electron chi connectivity index (χ4n) is 2.06. The number of ether oxygens (including phenoxy) is 1. The molecule has 3 nitrogen and oxygen atoms in total. The van der Waals surface area contributed by atoms with Gasteiger partial charge in [0.15, 0.2) is 5.78 Å². The standard InChI is InChI=1S/C14H24O3/c1-4-17-10-14(2,3)13(16)9-8-11-6-5-7-12(11)15/h8-9,11-12,15H,4-7,10H2,1-3H3. The van der Waals surface area contributed by atoms with Crippen LogP contribution in [0.15, 0.2) is 12.2 Å². The summed E-state index contributed by atoms with van der Waals surface area (Å²) in [4.78, 5) is 12.0. The van der Waals surface area contributed by atoms with Crippen LogP contribution in [-0.2, 0) is 9.53 Å². The molecule has 1 aliphatic carbocycles. The van der Waals surface area contributed by atoms with Gasteiger partial charge in [-0.2, -0.15) is 0 Å². The zero-order valence-corrected chi connectivity index (χ0v) is 11.1. The van der Waals surface area contributed by atoms with E-state index in [0.717, 1.165) is 19.3 Å². The molecule has 0 heterocycles. The third-order valence-corrected chi connectivity index (χ3v) is 3.36. The molecule has 0 saturated heterocycles. The molecule has 98 valence electrons. The average Bonchev–Trinajstić information content (AvgIpc) is 2.69. The van der Waals surface area contributed by atoms with Gasteiger partial charge in [-0.15, -0.1) is 0 Å². The van der Waals surface area contributed by atoms with Gasteiger partial charge in [-0.1, -0.05) is 26.3 Å². The molecule has 17 heavy (non-hydrogen) atoms. The van der Waals surface area contributed by atoms with Gasteiger partial charge < -0.3 is 9.84 Å². The molecule has 0 spiro atoms. The van der Waals surface area contributed by atoms with Crippen molar-refractivity contribution >= 4 is 5.78 Å². The minimum Gasteiger partial charge on any atom is -0.393 e. The lowest BCUT2D eigenvalue weighted by atomic mass is 9.88. The van der Waals surface area contributed by atoms with Crippen LogP contribution in [0.3, 0.4) is 0 Å². The Morgan fingerprint density at radius 3 is 2.71 bits per heavy atom. The second kappa shape index (κ2) is 6.31. The Kier molecular flexibility index (Phi) is 5.34. The smallest absolute Gasteiger partial charge is 0.163 e. The van der Waals surface area contributed by atoms with Gasteiger partial charge in [-0.05, 0) is 25.8 Å². The van der Waals surface area contributed by atoms with Crippen LogP contribution in [-0.4, -0.2) is 30.2 Å². The maximum Gasteiger partial charge on any atom is 0.163 e. The molecule has 1 fully saturated rings. The lowest BCUT2D eigenvalue weighted by Crippen LogP contribution is -2.28. The van der Waals surface area contributed by atoms with E-state index < -0.39 is 5.41 Å². The van der Waals surface area contributed by atoms with E-state index >= 15 is 0 Å². The van der Waals surface area contributed by atoms with Crippen molar-refractivity contribution in [2.75, 3.05) is 13.2 Å². The first-order chi connectivity index (χ1) is 7.97. The molecule has 1 N–H and O–H groups in total. The molecule has 0 bridgehead atoms. The summed E-state index contributed by atoms with van der Waals surface area (Å²) >= 11 is 0. The van der Waals surface area contributed by atoms with Gasteiger partial charge in [0, 0.05) is 12.5 Å². The number of hydrogen-bond donors (Lipinski definition) is 1. The topological polar surface area (TPSA) is 46.5 Å². The van der Waals surface area contributed by atoms with Crippen molar-refractivity contribution in [2.24, 2.45) is 11.3 Å². The van der Waals surface area contributed by atoms with Gasteiger partial charge in [0.2, 0.25) is 0 Å². The molecule has 0 aliphatic heterocycles. The predicted molar refractivity (Wildman–Crippen MR) is 67.8 cm³/mol. The van der Waals surface area contributed by atoms with E-state index in [9.17, 15) is 9.90 Å². The molecule has 2 unspecified atom stereocenters. The van der Waals surface area contributed by atoms with Crippen molar-refractivity contribution in [3.63, 3.8) is 0 Å². The van der Waals surface area contributed by atoms with E-state index in [4.69, 9.17) is 4.74 Å². The van der Waals surface area contributed by atoms with E-state index in [-0.39, 0.29) is 17.8 Å². The summed E-state index contributed by atoms with van der Waals surface area (Å²) in [5.41, 5.74) is -0.476.